The van der Waals surface area contributed by atoms with Crippen molar-refractivity contribution in [3.63, 3.8) is 0 Å². The second-order valence-electron chi connectivity index (χ2n) is 5.64. The quantitative estimate of drug-likeness (QED) is 0.193. The van der Waals surface area contributed by atoms with Crippen LogP contribution >= 0.6 is 23.1 Å². The van der Waals surface area contributed by atoms with Crippen LogP contribution in [-0.2, 0) is 0 Å². The van der Waals surface area contributed by atoms with E-state index in [2.05, 4.69) is 15.5 Å². The molecule has 3 aromatic rings. The van der Waals surface area contributed by atoms with E-state index in [9.17, 15) is 14.9 Å². The Kier molecular flexibility index (Phi) is 6.56. The van der Waals surface area contributed by atoms with E-state index in [1.807, 2.05) is 31.2 Å². The SMILES string of the molecule is Cc1ccc(OCCSc2nnc(NC(=O)c3ccc([N+](=O)[O-])cc3)s2)cc1. The van der Waals surface area contributed by atoms with Crippen molar-refractivity contribution in [2.45, 2.75) is 11.3 Å². The molecular weight excluding hydrogens is 400 g/mol. The van der Waals surface area contributed by atoms with Crippen LogP contribution in [0.1, 0.15) is 15.9 Å². The van der Waals surface area contributed by atoms with Gasteiger partial charge in [-0.25, -0.2) is 0 Å². The van der Waals surface area contributed by atoms with Gasteiger partial charge in [-0.1, -0.05) is 40.8 Å². The minimum atomic E-state index is -0.515. The highest BCUT2D eigenvalue weighted by Gasteiger charge is 2.12. The number of nitro groups is 1. The number of carbonyl (C=O) groups is 1. The number of thioether (sulfide) groups is 1. The number of amides is 1. The summed E-state index contributed by atoms with van der Waals surface area (Å²) in [6.07, 6.45) is 0. The first kappa shape index (κ1) is 19.8. The van der Waals surface area contributed by atoms with Crippen LogP contribution in [0.15, 0.2) is 52.9 Å². The topological polar surface area (TPSA) is 107 Å². The predicted octanol–water partition coefficient (Wildman–Crippen LogP) is 4.18. The molecule has 2 aromatic carbocycles. The Bertz CT molecular complexity index is 958. The number of non-ortho nitro benzene ring substituents is 1. The molecule has 1 N–H and O–H groups in total. The molecule has 0 aliphatic heterocycles. The number of hydrogen-bond donors (Lipinski definition) is 1. The molecule has 0 saturated heterocycles. The van der Waals surface area contributed by atoms with Crippen LogP contribution < -0.4 is 10.1 Å². The van der Waals surface area contributed by atoms with E-state index < -0.39 is 10.8 Å². The molecular formula is C18H16N4O4S2. The van der Waals surface area contributed by atoms with Crippen LogP contribution in [0.25, 0.3) is 0 Å². The zero-order chi connectivity index (χ0) is 19.9. The van der Waals surface area contributed by atoms with Gasteiger partial charge in [0.2, 0.25) is 5.13 Å². The standard InChI is InChI=1S/C18H16N4O4S2/c1-12-2-8-15(9-3-12)26-10-11-27-18-21-20-17(28-18)19-16(23)13-4-6-14(7-5-13)22(24)25/h2-9H,10-11H2,1H3,(H,19,20,23). The van der Waals surface area contributed by atoms with Crippen molar-refractivity contribution in [1.29, 1.82) is 0 Å². The Labute approximate surface area is 169 Å². The van der Waals surface area contributed by atoms with Crippen LogP contribution in [0.4, 0.5) is 10.8 Å². The number of nitrogens with zero attached hydrogens (tertiary/aromatic N) is 3. The molecule has 1 aromatic heterocycles. The normalized spacial score (nSPS) is 10.5. The van der Waals surface area contributed by atoms with E-state index in [0.717, 1.165) is 5.75 Å². The zero-order valence-electron chi connectivity index (χ0n) is 14.8. The zero-order valence-corrected chi connectivity index (χ0v) is 16.5. The van der Waals surface area contributed by atoms with E-state index >= 15 is 0 Å². The van der Waals surface area contributed by atoms with Gasteiger partial charge in [-0.2, -0.15) is 0 Å². The maximum Gasteiger partial charge on any atom is 0.269 e. The molecule has 0 aliphatic carbocycles. The third-order valence-electron chi connectivity index (χ3n) is 3.57. The van der Waals surface area contributed by atoms with Gasteiger partial charge >= 0.3 is 0 Å². The molecule has 0 aliphatic rings. The van der Waals surface area contributed by atoms with Crippen molar-refractivity contribution in [2.24, 2.45) is 0 Å². The molecule has 144 valence electrons. The molecule has 0 atom stereocenters. The fraction of sp³-hybridized carbons (Fsp3) is 0.167. The maximum absolute atomic E-state index is 12.2. The van der Waals surface area contributed by atoms with E-state index in [4.69, 9.17) is 4.74 Å². The number of nitrogens with one attached hydrogen (secondary N) is 1. The van der Waals surface area contributed by atoms with Crippen molar-refractivity contribution in [3.8, 4) is 5.75 Å². The molecule has 0 unspecified atom stereocenters. The lowest BCUT2D eigenvalue weighted by atomic mass is 10.2. The summed E-state index contributed by atoms with van der Waals surface area (Å²) in [5.41, 5.74) is 1.42. The van der Waals surface area contributed by atoms with Crippen LogP contribution in [-0.4, -0.2) is 33.4 Å². The molecule has 28 heavy (non-hydrogen) atoms. The fourth-order valence-corrected chi connectivity index (χ4v) is 3.78. The van der Waals surface area contributed by atoms with Crippen LogP contribution in [0.2, 0.25) is 0 Å². The Morgan fingerprint density at radius 3 is 2.57 bits per heavy atom. The monoisotopic (exact) mass is 416 g/mol. The number of benzene rings is 2. The first-order valence-electron chi connectivity index (χ1n) is 8.23. The molecule has 0 bridgehead atoms. The summed E-state index contributed by atoms with van der Waals surface area (Å²) < 4.78 is 6.37. The first-order chi connectivity index (χ1) is 13.5. The molecule has 8 nitrogen and oxygen atoms in total. The van der Waals surface area contributed by atoms with Gasteiger partial charge in [0.25, 0.3) is 11.6 Å². The van der Waals surface area contributed by atoms with Crippen molar-refractivity contribution in [2.75, 3.05) is 17.7 Å². The molecule has 0 saturated carbocycles. The summed E-state index contributed by atoms with van der Waals surface area (Å²) in [5, 5.41) is 21.6. The number of aryl methyl sites for hydroxylation is 1. The van der Waals surface area contributed by atoms with Gasteiger partial charge in [0.1, 0.15) is 5.75 Å². The van der Waals surface area contributed by atoms with Gasteiger partial charge in [0.15, 0.2) is 4.34 Å². The lowest BCUT2D eigenvalue weighted by molar-refractivity contribution is -0.384. The van der Waals surface area contributed by atoms with Crippen molar-refractivity contribution < 1.29 is 14.5 Å². The minimum Gasteiger partial charge on any atom is -0.493 e. The maximum atomic E-state index is 12.2. The Balaban J connectivity index is 1.46. The van der Waals surface area contributed by atoms with Gasteiger partial charge < -0.3 is 4.74 Å². The number of carbonyl (C=O) groups excluding carboxylic acids is 1. The summed E-state index contributed by atoms with van der Waals surface area (Å²) in [4.78, 5) is 22.3. The first-order valence-corrected chi connectivity index (χ1v) is 10.0. The highest BCUT2D eigenvalue weighted by Crippen LogP contribution is 2.26. The number of nitro benzene ring substituents is 1. The lowest BCUT2D eigenvalue weighted by Crippen LogP contribution is -2.11. The molecule has 0 radical (unpaired) electrons. The third-order valence-corrected chi connectivity index (χ3v) is 5.50. The summed E-state index contributed by atoms with van der Waals surface area (Å²) in [5.74, 6) is 1.11. The Morgan fingerprint density at radius 2 is 1.89 bits per heavy atom. The van der Waals surface area contributed by atoms with Crippen LogP contribution in [0.3, 0.4) is 0 Å². The van der Waals surface area contributed by atoms with E-state index in [-0.39, 0.29) is 5.69 Å². The van der Waals surface area contributed by atoms with Crippen molar-refractivity contribution in [3.05, 3.63) is 69.8 Å². The van der Waals surface area contributed by atoms with Crippen LogP contribution in [0, 0.1) is 17.0 Å². The second-order valence-corrected chi connectivity index (χ2v) is 7.96. The van der Waals surface area contributed by atoms with Crippen molar-refractivity contribution in [1.82, 2.24) is 10.2 Å². The number of ether oxygens (including phenoxy) is 1. The number of hydrogen-bond acceptors (Lipinski definition) is 8. The third kappa shape index (κ3) is 5.51. The second kappa shape index (κ2) is 9.29. The summed E-state index contributed by atoms with van der Waals surface area (Å²) >= 11 is 2.74. The van der Waals surface area contributed by atoms with Gasteiger partial charge in [-0.15, -0.1) is 10.2 Å². The van der Waals surface area contributed by atoms with Gasteiger partial charge in [-0.3, -0.25) is 20.2 Å². The molecule has 1 amide bonds. The van der Waals surface area contributed by atoms with E-state index in [1.54, 1.807) is 0 Å². The Morgan fingerprint density at radius 1 is 1.18 bits per heavy atom. The molecule has 0 spiro atoms. The van der Waals surface area contributed by atoms with Gasteiger partial charge in [-0.05, 0) is 31.2 Å². The molecule has 1 heterocycles. The molecule has 10 heteroatoms. The summed E-state index contributed by atoms with van der Waals surface area (Å²) in [6.45, 7) is 2.55. The van der Waals surface area contributed by atoms with Crippen molar-refractivity contribution >= 4 is 39.8 Å². The summed E-state index contributed by atoms with van der Waals surface area (Å²) in [6, 6.07) is 13.2. The largest absolute Gasteiger partial charge is 0.493 e. The fourth-order valence-electron chi connectivity index (χ4n) is 2.15. The van der Waals surface area contributed by atoms with Crippen LogP contribution in [0.5, 0.6) is 5.75 Å². The Hall–Kier alpha value is -2.98. The average Bonchev–Trinajstić information content (AvgIpc) is 3.14. The smallest absolute Gasteiger partial charge is 0.269 e. The van der Waals surface area contributed by atoms with Gasteiger partial charge in [0.05, 0.1) is 11.5 Å². The number of anilines is 1. The van der Waals surface area contributed by atoms with Gasteiger partial charge in [0, 0.05) is 23.4 Å². The summed E-state index contributed by atoms with van der Waals surface area (Å²) in [7, 11) is 0. The van der Waals surface area contributed by atoms with E-state index in [0.29, 0.717) is 27.4 Å². The molecule has 3 rings (SSSR count). The molecule has 0 fully saturated rings. The number of aromatic nitrogens is 2. The highest BCUT2D eigenvalue weighted by atomic mass is 32.2. The lowest BCUT2D eigenvalue weighted by Gasteiger charge is -2.04. The predicted molar refractivity (Wildman–Crippen MR) is 108 cm³/mol. The van der Waals surface area contributed by atoms with E-state index in [1.165, 1.54) is 52.9 Å². The minimum absolute atomic E-state index is 0.0704. The number of rotatable bonds is 8. The average molecular weight is 416 g/mol. The highest BCUT2D eigenvalue weighted by molar-refractivity contribution is 8.01.